The maximum atomic E-state index is 6.21. The highest BCUT2D eigenvalue weighted by Gasteiger charge is 2.38. The zero-order chi connectivity index (χ0) is 14.1. The molecule has 1 aromatic rings. The number of benzene rings is 1. The van der Waals surface area contributed by atoms with Gasteiger partial charge in [-0.1, -0.05) is 24.6 Å². The molecule has 3 unspecified atom stereocenters. The maximum absolute atomic E-state index is 6.21. The zero-order valence-electron chi connectivity index (χ0n) is 12.9. The van der Waals surface area contributed by atoms with Gasteiger partial charge in [-0.2, -0.15) is 0 Å². The van der Waals surface area contributed by atoms with E-state index < -0.39 is 0 Å². The van der Waals surface area contributed by atoms with Gasteiger partial charge in [-0.3, -0.25) is 4.90 Å². The molecular formula is C18H28N2. The largest absolute Gasteiger partial charge is 0.329 e. The highest BCUT2D eigenvalue weighted by molar-refractivity contribution is 5.36. The first-order valence-corrected chi connectivity index (χ1v) is 8.24. The lowest BCUT2D eigenvalue weighted by atomic mass is 9.87. The summed E-state index contributed by atoms with van der Waals surface area (Å²) in [5.74, 6) is 0.933. The van der Waals surface area contributed by atoms with Crippen LogP contribution in [-0.2, 0) is 0 Å². The summed E-state index contributed by atoms with van der Waals surface area (Å²) < 4.78 is 0. The van der Waals surface area contributed by atoms with Crippen LogP contribution in [0.15, 0.2) is 18.2 Å². The van der Waals surface area contributed by atoms with Crippen molar-refractivity contribution in [2.75, 3.05) is 13.1 Å². The Morgan fingerprint density at radius 2 is 1.85 bits per heavy atom. The summed E-state index contributed by atoms with van der Waals surface area (Å²) in [5, 5.41) is 0. The molecule has 0 amide bonds. The first kappa shape index (κ1) is 14.1. The van der Waals surface area contributed by atoms with Crippen molar-refractivity contribution < 1.29 is 0 Å². The third-order valence-electron chi connectivity index (χ3n) is 5.54. The van der Waals surface area contributed by atoms with Gasteiger partial charge >= 0.3 is 0 Å². The van der Waals surface area contributed by atoms with Crippen molar-refractivity contribution in [3.8, 4) is 0 Å². The molecule has 3 rings (SSSR count). The number of fused-ring (bicyclic) bond motifs is 1. The molecule has 1 aromatic carbocycles. The van der Waals surface area contributed by atoms with Gasteiger partial charge in [0.15, 0.2) is 0 Å². The molecule has 1 saturated heterocycles. The molecule has 1 heterocycles. The second kappa shape index (κ2) is 5.87. The first-order chi connectivity index (χ1) is 9.72. The average molecular weight is 272 g/mol. The Morgan fingerprint density at radius 1 is 1.15 bits per heavy atom. The van der Waals surface area contributed by atoms with Crippen LogP contribution in [0.2, 0.25) is 0 Å². The van der Waals surface area contributed by atoms with E-state index >= 15 is 0 Å². The quantitative estimate of drug-likeness (QED) is 0.911. The summed E-state index contributed by atoms with van der Waals surface area (Å²) in [6.45, 7) is 6.45. The SMILES string of the molecule is Cc1cccc(C)c1C(CN)N1CCCC2CCCC21. The summed E-state index contributed by atoms with van der Waals surface area (Å²) in [5.41, 5.74) is 10.5. The monoisotopic (exact) mass is 272 g/mol. The summed E-state index contributed by atoms with van der Waals surface area (Å²) in [7, 11) is 0. The minimum Gasteiger partial charge on any atom is -0.329 e. The average Bonchev–Trinajstić information content (AvgIpc) is 2.91. The lowest BCUT2D eigenvalue weighted by Crippen LogP contribution is -2.47. The first-order valence-electron chi connectivity index (χ1n) is 8.24. The number of hydrogen-bond donors (Lipinski definition) is 1. The molecule has 1 aliphatic carbocycles. The van der Waals surface area contributed by atoms with E-state index in [9.17, 15) is 0 Å². The number of likely N-dealkylation sites (tertiary alicyclic amines) is 1. The van der Waals surface area contributed by atoms with Gasteiger partial charge in [0.05, 0.1) is 0 Å². The smallest absolute Gasteiger partial charge is 0.0478 e. The summed E-state index contributed by atoms with van der Waals surface area (Å²) in [6.07, 6.45) is 7.01. The van der Waals surface area contributed by atoms with Gasteiger partial charge in [0.1, 0.15) is 0 Å². The molecule has 20 heavy (non-hydrogen) atoms. The number of aryl methyl sites for hydroxylation is 2. The summed E-state index contributed by atoms with van der Waals surface area (Å²) in [4.78, 5) is 2.75. The molecular weight excluding hydrogens is 244 g/mol. The van der Waals surface area contributed by atoms with E-state index in [1.807, 2.05) is 0 Å². The molecule has 2 fully saturated rings. The molecule has 0 radical (unpaired) electrons. The fraction of sp³-hybridized carbons (Fsp3) is 0.667. The molecule has 2 aliphatic rings. The maximum Gasteiger partial charge on any atom is 0.0478 e. The van der Waals surface area contributed by atoms with E-state index in [-0.39, 0.29) is 0 Å². The van der Waals surface area contributed by atoms with E-state index in [1.54, 1.807) is 0 Å². The van der Waals surface area contributed by atoms with E-state index in [0.29, 0.717) is 6.04 Å². The Bertz CT molecular complexity index is 448. The van der Waals surface area contributed by atoms with Gasteiger partial charge in [-0.15, -0.1) is 0 Å². The third kappa shape index (κ3) is 2.40. The van der Waals surface area contributed by atoms with Crippen LogP contribution in [0, 0.1) is 19.8 Å². The minimum absolute atomic E-state index is 0.419. The Labute approximate surface area is 123 Å². The van der Waals surface area contributed by atoms with Crippen LogP contribution in [0.4, 0.5) is 0 Å². The van der Waals surface area contributed by atoms with Crippen molar-refractivity contribution in [1.29, 1.82) is 0 Å². The van der Waals surface area contributed by atoms with Crippen molar-refractivity contribution in [3.63, 3.8) is 0 Å². The van der Waals surface area contributed by atoms with Gasteiger partial charge in [-0.25, -0.2) is 0 Å². The lowest BCUT2D eigenvalue weighted by molar-refractivity contribution is 0.0696. The highest BCUT2D eigenvalue weighted by Crippen LogP contribution is 2.41. The van der Waals surface area contributed by atoms with E-state index in [2.05, 4.69) is 36.9 Å². The number of nitrogens with zero attached hydrogens (tertiary/aromatic N) is 1. The van der Waals surface area contributed by atoms with Crippen LogP contribution in [0.25, 0.3) is 0 Å². The number of rotatable bonds is 3. The van der Waals surface area contributed by atoms with Crippen LogP contribution in [0.5, 0.6) is 0 Å². The normalized spacial score (nSPS) is 28.4. The Kier molecular flexibility index (Phi) is 4.13. The molecule has 1 saturated carbocycles. The van der Waals surface area contributed by atoms with Crippen molar-refractivity contribution in [2.24, 2.45) is 11.7 Å². The third-order valence-corrected chi connectivity index (χ3v) is 5.54. The predicted octanol–water partition coefficient (Wildman–Crippen LogP) is 3.57. The second-order valence-electron chi connectivity index (χ2n) is 6.70. The Hall–Kier alpha value is -0.860. The molecule has 3 atom stereocenters. The van der Waals surface area contributed by atoms with Gasteiger partial charge in [0, 0.05) is 18.6 Å². The van der Waals surface area contributed by atoms with Crippen LogP contribution in [0.1, 0.15) is 54.8 Å². The second-order valence-corrected chi connectivity index (χ2v) is 6.70. The zero-order valence-corrected chi connectivity index (χ0v) is 12.9. The number of hydrogen-bond acceptors (Lipinski definition) is 2. The molecule has 0 spiro atoms. The van der Waals surface area contributed by atoms with E-state index in [4.69, 9.17) is 5.73 Å². The van der Waals surface area contributed by atoms with Crippen molar-refractivity contribution >= 4 is 0 Å². The van der Waals surface area contributed by atoms with E-state index in [1.165, 1.54) is 55.3 Å². The van der Waals surface area contributed by atoms with Crippen LogP contribution >= 0.6 is 0 Å². The van der Waals surface area contributed by atoms with Crippen LogP contribution < -0.4 is 5.73 Å². The standard InChI is InChI=1S/C18H28N2/c1-13-6-3-7-14(2)18(13)17(12-19)20-11-5-9-15-8-4-10-16(15)20/h3,6-7,15-17H,4-5,8-12,19H2,1-2H3. The van der Waals surface area contributed by atoms with E-state index in [0.717, 1.165) is 18.5 Å². The molecule has 1 aliphatic heterocycles. The Balaban J connectivity index is 1.93. The summed E-state index contributed by atoms with van der Waals surface area (Å²) in [6, 6.07) is 7.84. The molecule has 2 heteroatoms. The number of piperidine rings is 1. The fourth-order valence-corrected chi connectivity index (χ4v) is 4.65. The van der Waals surface area contributed by atoms with Gasteiger partial charge in [0.2, 0.25) is 0 Å². The van der Waals surface area contributed by atoms with Gasteiger partial charge in [0.25, 0.3) is 0 Å². The lowest BCUT2D eigenvalue weighted by Gasteiger charge is -2.43. The van der Waals surface area contributed by atoms with Gasteiger partial charge < -0.3 is 5.73 Å². The molecule has 2 N–H and O–H groups in total. The molecule has 2 nitrogen and oxygen atoms in total. The van der Waals surface area contributed by atoms with Crippen LogP contribution in [0.3, 0.4) is 0 Å². The van der Waals surface area contributed by atoms with Crippen molar-refractivity contribution in [1.82, 2.24) is 4.90 Å². The number of nitrogens with two attached hydrogens (primary N) is 1. The fourth-order valence-electron chi connectivity index (χ4n) is 4.65. The van der Waals surface area contributed by atoms with Crippen LogP contribution in [-0.4, -0.2) is 24.0 Å². The topological polar surface area (TPSA) is 29.3 Å². The molecule has 0 bridgehead atoms. The van der Waals surface area contributed by atoms with Crippen molar-refractivity contribution in [3.05, 3.63) is 34.9 Å². The molecule has 110 valence electrons. The van der Waals surface area contributed by atoms with Crippen molar-refractivity contribution in [2.45, 2.75) is 58.0 Å². The van der Waals surface area contributed by atoms with Gasteiger partial charge in [-0.05, 0) is 68.7 Å². The predicted molar refractivity (Wildman–Crippen MR) is 84.8 cm³/mol. The summed E-state index contributed by atoms with van der Waals surface area (Å²) >= 11 is 0. The molecule has 0 aromatic heterocycles. The Morgan fingerprint density at radius 3 is 2.55 bits per heavy atom. The highest BCUT2D eigenvalue weighted by atomic mass is 15.2. The minimum atomic E-state index is 0.419.